The van der Waals surface area contributed by atoms with E-state index in [0.29, 0.717) is 0 Å². The first-order valence-corrected chi connectivity index (χ1v) is 7.86. The number of H-pyrrole nitrogens is 1. The van der Waals surface area contributed by atoms with Crippen molar-refractivity contribution in [2.45, 2.75) is 52.1 Å². The number of rotatable bonds is 3. The SMILES string of the molecule is CC1CC(c2n[nH]c3c2C=C(C(=O)NC(C)C)CC3)=CC=N1. The molecule has 0 aromatic carbocycles. The van der Waals surface area contributed by atoms with Crippen molar-refractivity contribution in [1.29, 1.82) is 0 Å². The fourth-order valence-corrected chi connectivity index (χ4v) is 2.91. The summed E-state index contributed by atoms with van der Waals surface area (Å²) in [5.74, 6) is 0.0281. The molecule has 2 N–H and O–H groups in total. The molecule has 2 aliphatic rings. The van der Waals surface area contributed by atoms with Crippen molar-refractivity contribution in [2.75, 3.05) is 0 Å². The van der Waals surface area contributed by atoms with Gasteiger partial charge in [0.25, 0.3) is 0 Å². The van der Waals surface area contributed by atoms with E-state index in [0.717, 1.165) is 41.8 Å². The number of aliphatic imine (C=N–C) groups is 1. The first-order valence-electron chi connectivity index (χ1n) is 7.86. The Morgan fingerprint density at radius 1 is 1.41 bits per heavy atom. The lowest BCUT2D eigenvalue weighted by atomic mass is 9.91. The van der Waals surface area contributed by atoms with Crippen LogP contribution in [0.5, 0.6) is 0 Å². The average molecular weight is 298 g/mol. The molecule has 22 heavy (non-hydrogen) atoms. The van der Waals surface area contributed by atoms with Gasteiger partial charge in [-0.05, 0) is 57.8 Å². The van der Waals surface area contributed by atoms with Crippen LogP contribution in [0.1, 0.15) is 50.6 Å². The standard InChI is InChI=1S/C17H22N4O/c1-10(2)19-17(22)13-4-5-15-14(9-13)16(21-20-15)12-6-7-18-11(3)8-12/h6-7,9-11H,4-5,8H2,1-3H3,(H,19,22)(H,20,21). The quantitative estimate of drug-likeness (QED) is 0.900. The molecule has 1 atom stereocenters. The fourth-order valence-electron chi connectivity index (χ4n) is 2.91. The van der Waals surface area contributed by atoms with Gasteiger partial charge < -0.3 is 5.32 Å². The van der Waals surface area contributed by atoms with Gasteiger partial charge in [0, 0.05) is 29.1 Å². The van der Waals surface area contributed by atoms with Crippen LogP contribution in [0.15, 0.2) is 16.6 Å². The molecule has 0 radical (unpaired) electrons. The van der Waals surface area contributed by atoms with Gasteiger partial charge in [0.05, 0.1) is 11.7 Å². The molecule has 0 saturated heterocycles. The number of aromatic nitrogens is 2. The van der Waals surface area contributed by atoms with Crippen molar-refractivity contribution < 1.29 is 4.79 Å². The summed E-state index contributed by atoms with van der Waals surface area (Å²) in [6.07, 6.45) is 8.33. The van der Waals surface area contributed by atoms with Gasteiger partial charge in [-0.1, -0.05) is 0 Å². The maximum absolute atomic E-state index is 12.2. The maximum atomic E-state index is 12.2. The number of dihydropyridines is 1. The van der Waals surface area contributed by atoms with E-state index in [-0.39, 0.29) is 18.0 Å². The van der Waals surface area contributed by atoms with Crippen molar-refractivity contribution in [3.8, 4) is 0 Å². The van der Waals surface area contributed by atoms with Gasteiger partial charge in [-0.3, -0.25) is 14.9 Å². The van der Waals surface area contributed by atoms with E-state index in [1.165, 1.54) is 5.57 Å². The van der Waals surface area contributed by atoms with Gasteiger partial charge >= 0.3 is 0 Å². The Morgan fingerprint density at radius 2 is 2.23 bits per heavy atom. The van der Waals surface area contributed by atoms with Crippen molar-refractivity contribution in [3.05, 3.63) is 28.6 Å². The highest BCUT2D eigenvalue weighted by molar-refractivity contribution is 5.99. The summed E-state index contributed by atoms with van der Waals surface area (Å²) >= 11 is 0. The number of carbonyl (C=O) groups excluding carboxylic acids is 1. The second-order valence-corrected chi connectivity index (χ2v) is 6.31. The number of nitrogens with one attached hydrogen (secondary N) is 2. The summed E-state index contributed by atoms with van der Waals surface area (Å²) in [7, 11) is 0. The molecule has 1 aromatic rings. The predicted octanol–water partition coefficient (Wildman–Crippen LogP) is 2.51. The van der Waals surface area contributed by atoms with Crippen LogP contribution in [-0.4, -0.2) is 34.4 Å². The van der Waals surface area contributed by atoms with Crippen LogP contribution >= 0.6 is 0 Å². The third-order valence-electron chi connectivity index (χ3n) is 3.99. The minimum atomic E-state index is 0.0281. The van der Waals surface area contributed by atoms with Crippen molar-refractivity contribution in [3.63, 3.8) is 0 Å². The van der Waals surface area contributed by atoms with E-state index in [9.17, 15) is 4.79 Å². The van der Waals surface area contributed by atoms with Crippen LogP contribution in [0.2, 0.25) is 0 Å². The number of allylic oxidation sites excluding steroid dienone is 1. The Balaban J connectivity index is 1.92. The minimum Gasteiger partial charge on any atom is -0.350 e. The minimum absolute atomic E-state index is 0.0281. The molecule has 1 aliphatic heterocycles. The lowest BCUT2D eigenvalue weighted by molar-refractivity contribution is -0.118. The smallest absolute Gasteiger partial charge is 0.247 e. The van der Waals surface area contributed by atoms with Crippen molar-refractivity contribution >= 4 is 23.8 Å². The first-order chi connectivity index (χ1) is 10.5. The lowest BCUT2D eigenvalue weighted by Gasteiger charge is -2.17. The highest BCUT2D eigenvalue weighted by Crippen LogP contribution is 2.31. The molecule has 116 valence electrons. The summed E-state index contributed by atoms with van der Waals surface area (Å²) < 4.78 is 0. The highest BCUT2D eigenvalue weighted by atomic mass is 16.1. The highest BCUT2D eigenvalue weighted by Gasteiger charge is 2.23. The molecule has 2 heterocycles. The van der Waals surface area contributed by atoms with Crippen LogP contribution in [-0.2, 0) is 11.2 Å². The summed E-state index contributed by atoms with van der Waals surface area (Å²) in [4.78, 5) is 16.6. The van der Waals surface area contributed by atoms with Crippen molar-refractivity contribution in [2.24, 2.45) is 4.99 Å². The molecule has 1 aromatic heterocycles. The van der Waals surface area contributed by atoms with Crippen LogP contribution < -0.4 is 5.32 Å². The zero-order valence-electron chi connectivity index (χ0n) is 13.3. The monoisotopic (exact) mass is 298 g/mol. The number of amides is 1. The molecule has 5 heteroatoms. The van der Waals surface area contributed by atoms with Gasteiger partial charge in [0.1, 0.15) is 0 Å². The van der Waals surface area contributed by atoms with E-state index in [2.05, 4.69) is 27.4 Å². The number of carbonyl (C=O) groups is 1. The summed E-state index contributed by atoms with van der Waals surface area (Å²) in [5.41, 5.74) is 5.16. The van der Waals surface area contributed by atoms with Crippen LogP contribution in [0.3, 0.4) is 0 Å². The van der Waals surface area contributed by atoms with E-state index < -0.39 is 0 Å². The molecule has 0 fully saturated rings. The Labute approximate surface area is 130 Å². The Kier molecular flexibility index (Phi) is 3.96. The Bertz CT molecular complexity index is 679. The molecule has 5 nitrogen and oxygen atoms in total. The molecular weight excluding hydrogens is 276 g/mol. The molecule has 1 amide bonds. The second-order valence-electron chi connectivity index (χ2n) is 6.31. The van der Waals surface area contributed by atoms with Crippen LogP contribution in [0, 0.1) is 0 Å². The van der Waals surface area contributed by atoms with E-state index in [4.69, 9.17) is 0 Å². The van der Waals surface area contributed by atoms with Gasteiger partial charge in [-0.2, -0.15) is 5.10 Å². The van der Waals surface area contributed by atoms with Crippen molar-refractivity contribution in [1.82, 2.24) is 15.5 Å². The van der Waals surface area contributed by atoms with Gasteiger partial charge in [-0.25, -0.2) is 0 Å². The van der Waals surface area contributed by atoms with Crippen LogP contribution in [0.25, 0.3) is 11.6 Å². The number of hydrogen-bond acceptors (Lipinski definition) is 3. The Hall–Kier alpha value is -2.17. The lowest BCUT2D eigenvalue weighted by Crippen LogP contribution is -2.32. The Morgan fingerprint density at radius 3 is 2.95 bits per heavy atom. The summed E-state index contributed by atoms with van der Waals surface area (Å²) in [6, 6.07) is 0.431. The van der Waals surface area contributed by atoms with Gasteiger partial charge in [0.15, 0.2) is 0 Å². The molecular formula is C17H22N4O. The fraction of sp³-hybridized carbons (Fsp3) is 0.471. The summed E-state index contributed by atoms with van der Waals surface area (Å²) in [5, 5.41) is 10.6. The molecule has 0 spiro atoms. The van der Waals surface area contributed by atoms with Gasteiger partial charge in [-0.15, -0.1) is 0 Å². The van der Waals surface area contributed by atoms with E-state index in [1.54, 1.807) is 0 Å². The zero-order chi connectivity index (χ0) is 15.7. The first kappa shape index (κ1) is 14.8. The zero-order valence-corrected chi connectivity index (χ0v) is 13.3. The third-order valence-corrected chi connectivity index (χ3v) is 3.99. The topological polar surface area (TPSA) is 70.1 Å². The number of nitrogens with zero attached hydrogens (tertiary/aromatic N) is 2. The molecule has 0 bridgehead atoms. The summed E-state index contributed by atoms with van der Waals surface area (Å²) in [6.45, 7) is 6.05. The molecule has 1 unspecified atom stereocenters. The number of aryl methyl sites for hydroxylation is 1. The van der Waals surface area contributed by atoms with E-state index in [1.807, 2.05) is 32.2 Å². The normalized spacial score (nSPS) is 20.5. The maximum Gasteiger partial charge on any atom is 0.247 e. The molecule has 3 rings (SSSR count). The molecule has 0 saturated carbocycles. The predicted molar refractivity (Wildman–Crippen MR) is 88.7 cm³/mol. The molecule has 1 aliphatic carbocycles. The van der Waals surface area contributed by atoms with Gasteiger partial charge in [0.2, 0.25) is 5.91 Å². The number of aromatic amines is 1. The number of hydrogen-bond donors (Lipinski definition) is 2. The van der Waals surface area contributed by atoms with E-state index >= 15 is 0 Å². The third kappa shape index (κ3) is 2.89. The average Bonchev–Trinajstić information content (AvgIpc) is 2.89. The largest absolute Gasteiger partial charge is 0.350 e. The second kappa shape index (κ2) is 5.91. The van der Waals surface area contributed by atoms with Crippen LogP contribution in [0.4, 0.5) is 0 Å². The number of fused-ring (bicyclic) bond motifs is 1.